The summed E-state index contributed by atoms with van der Waals surface area (Å²) in [5.41, 5.74) is 0.452. The standard InChI is InChI=1S/C9H12IN3O3/c1-13-7(3-4-12-13)8(14)11-5-6(10)9(15)16-2/h3-4,6H,5H2,1-2H3,(H,11,14). The SMILES string of the molecule is COC(=O)C(I)CNC(=O)c1ccnn1C. The van der Waals surface area contributed by atoms with E-state index in [2.05, 4.69) is 15.2 Å². The molecular formula is C9H12IN3O3. The molecule has 0 aliphatic carbocycles. The number of rotatable bonds is 4. The molecule has 0 bridgehead atoms. The predicted octanol–water partition coefficient (Wildman–Crippen LogP) is 0.126. The first kappa shape index (κ1) is 12.9. The highest BCUT2D eigenvalue weighted by atomic mass is 127. The van der Waals surface area contributed by atoms with Gasteiger partial charge < -0.3 is 10.1 Å². The lowest BCUT2D eigenvalue weighted by Crippen LogP contribution is -2.34. The highest BCUT2D eigenvalue weighted by Crippen LogP contribution is 2.02. The van der Waals surface area contributed by atoms with Crippen LogP contribution in [0.3, 0.4) is 0 Å². The third-order valence-corrected chi connectivity index (χ3v) is 2.90. The number of aromatic nitrogens is 2. The van der Waals surface area contributed by atoms with Crippen LogP contribution in [0.2, 0.25) is 0 Å². The van der Waals surface area contributed by atoms with Crippen LogP contribution < -0.4 is 5.32 Å². The van der Waals surface area contributed by atoms with Gasteiger partial charge in [0.15, 0.2) is 0 Å². The first-order valence-electron chi connectivity index (χ1n) is 4.54. The van der Waals surface area contributed by atoms with E-state index in [0.29, 0.717) is 5.69 Å². The number of aryl methyl sites for hydroxylation is 1. The third kappa shape index (κ3) is 3.19. The van der Waals surface area contributed by atoms with Gasteiger partial charge in [-0.05, 0) is 6.07 Å². The van der Waals surface area contributed by atoms with Crippen LogP contribution in [0.4, 0.5) is 0 Å². The molecule has 1 N–H and O–H groups in total. The minimum Gasteiger partial charge on any atom is -0.468 e. The number of carbonyl (C=O) groups is 2. The Labute approximate surface area is 106 Å². The number of esters is 1. The van der Waals surface area contributed by atoms with E-state index >= 15 is 0 Å². The van der Waals surface area contributed by atoms with Crippen LogP contribution in [0.5, 0.6) is 0 Å². The molecular weight excluding hydrogens is 325 g/mol. The fourth-order valence-corrected chi connectivity index (χ4v) is 1.56. The van der Waals surface area contributed by atoms with Crippen LogP contribution in [0, 0.1) is 0 Å². The van der Waals surface area contributed by atoms with Crippen molar-refractivity contribution in [2.75, 3.05) is 13.7 Å². The Kier molecular flexibility index (Phi) is 4.71. The van der Waals surface area contributed by atoms with Gasteiger partial charge in [-0.2, -0.15) is 5.10 Å². The van der Waals surface area contributed by atoms with Crippen molar-refractivity contribution in [2.45, 2.75) is 3.92 Å². The predicted molar refractivity (Wildman–Crippen MR) is 65.4 cm³/mol. The van der Waals surface area contributed by atoms with Crippen molar-refractivity contribution >= 4 is 34.5 Å². The maximum absolute atomic E-state index is 11.6. The molecule has 0 saturated heterocycles. The summed E-state index contributed by atoms with van der Waals surface area (Å²) in [4.78, 5) is 22.7. The lowest BCUT2D eigenvalue weighted by molar-refractivity contribution is -0.139. The molecule has 1 aromatic rings. The molecule has 0 saturated carbocycles. The number of carbonyl (C=O) groups excluding carboxylic acids is 2. The van der Waals surface area contributed by atoms with Crippen LogP contribution in [0.1, 0.15) is 10.5 Å². The van der Waals surface area contributed by atoms with Crippen LogP contribution in [0.25, 0.3) is 0 Å². The zero-order valence-corrected chi connectivity index (χ0v) is 11.1. The van der Waals surface area contributed by atoms with E-state index in [4.69, 9.17) is 0 Å². The van der Waals surface area contributed by atoms with E-state index in [-0.39, 0.29) is 22.3 Å². The minimum atomic E-state index is -0.389. The van der Waals surface area contributed by atoms with Gasteiger partial charge in [0.2, 0.25) is 0 Å². The molecule has 0 fully saturated rings. The van der Waals surface area contributed by atoms with Crippen molar-refractivity contribution in [1.82, 2.24) is 15.1 Å². The number of amides is 1. The topological polar surface area (TPSA) is 73.2 Å². The van der Waals surface area contributed by atoms with Crippen molar-refractivity contribution in [2.24, 2.45) is 7.05 Å². The lowest BCUT2D eigenvalue weighted by Gasteiger charge is -2.09. The van der Waals surface area contributed by atoms with E-state index in [1.54, 1.807) is 13.1 Å². The van der Waals surface area contributed by atoms with Gasteiger partial charge in [0.1, 0.15) is 9.62 Å². The second-order valence-corrected chi connectivity index (χ2v) is 4.54. The third-order valence-electron chi connectivity index (χ3n) is 1.95. The van der Waals surface area contributed by atoms with Crippen molar-refractivity contribution in [3.63, 3.8) is 0 Å². The molecule has 1 unspecified atom stereocenters. The number of nitrogens with zero attached hydrogens (tertiary/aromatic N) is 2. The Morgan fingerprint density at radius 1 is 1.69 bits per heavy atom. The van der Waals surface area contributed by atoms with Crippen LogP contribution >= 0.6 is 22.6 Å². The second-order valence-electron chi connectivity index (χ2n) is 3.04. The summed E-state index contributed by atoms with van der Waals surface area (Å²) in [5, 5.41) is 6.51. The van der Waals surface area contributed by atoms with Crippen molar-refractivity contribution < 1.29 is 14.3 Å². The summed E-state index contributed by atoms with van der Waals surface area (Å²) in [6.45, 7) is 0.233. The number of methoxy groups -OCH3 is 1. The summed E-state index contributed by atoms with van der Waals surface area (Å²) >= 11 is 1.92. The number of alkyl halides is 1. The van der Waals surface area contributed by atoms with Gasteiger partial charge in [-0.3, -0.25) is 14.3 Å². The summed E-state index contributed by atoms with van der Waals surface area (Å²) in [6.07, 6.45) is 1.54. The Bertz CT molecular complexity index is 391. The normalized spacial score (nSPS) is 11.9. The molecule has 88 valence electrons. The zero-order chi connectivity index (χ0) is 12.1. The molecule has 0 radical (unpaired) electrons. The van der Waals surface area contributed by atoms with Crippen molar-refractivity contribution in [3.8, 4) is 0 Å². The van der Waals surface area contributed by atoms with Gasteiger partial charge in [0.25, 0.3) is 5.91 Å². The molecule has 7 heteroatoms. The number of hydrogen-bond donors (Lipinski definition) is 1. The van der Waals surface area contributed by atoms with Crippen molar-refractivity contribution in [3.05, 3.63) is 18.0 Å². The van der Waals surface area contributed by atoms with E-state index in [1.807, 2.05) is 22.6 Å². The van der Waals surface area contributed by atoms with Gasteiger partial charge >= 0.3 is 5.97 Å². The van der Waals surface area contributed by atoms with Gasteiger partial charge in [0.05, 0.1) is 7.11 Å². The molecule has 0 spiro atoms. The molecule has 1 aromatic heterocycles. The largest absolute Gasteiger partial charge is 0.468 e. The molecule has 1 amide bonds. The van der Waals surface area contributed by atoms with Crippen LogP contribution in [0.15, 0.2) is 12.3 Å². The van der Waals surface area contributed by atoms with Crippen LogP contribution in [-0.2, 0) is 16.6 Å². The second kappa shape index (κ2) is 5.83. The quantitative estimate of drug-likeness (QED) is 0.481. The lowest BCUT2D eigenvalue weighted by atomic mass is 10.3. The fraction of sp³-hybridized carbons (Fsp3) is 0.444. The highest BCUT2D eigenvalue weighted by Gasteiger charge is 2.17. The monoisotopic (exact) mass is 337 g/mol. The van der Waals surface area contributed by atoms with Gasteiger partial charge in [-0.1, -0.05) is 22.6 Å². The molecule has 0 aromatic carbocycles. The maximum atomic E-state index is 11.6. The van der Waals surface area contributed by atoms with E-state index < -0.39 is 0 Å². The number of nitrogens with one attached hydrogen (secondary N) is 1. The maximum Gasteiger partial charge on any atom is 0.320 e. The molecule has 1 heterocycles. The average molecular weight is 337 g/mol. The average Bonchev–Trinajstić information content (AvgIpc) is 2.70. The Hall–Kier alpha value is -1.12. The Morgan fingerprint density at radius 2 is 2.38 bits per heavy atom. The molecule has 16 heavy (non-hydrogen) atoms. The van der Waals surface area contributed by atoms with E-state index in [9.17, 15) is 9.59 Å². The number of halogens is 1. The molecule has 0 aliphatic heterocycles. The van der Waals surface area contributed by atoms with Gasteiger partial charge in [-0.15, -0.1) is 0 Å². The molecule has 1 atom stereocenters. The van der Waals surface area contributed by atoms with Crippen LogP contribution in [-0.4, -0.2) is 39.2 Å². The van der Waals surface area contributed by atoms with Gasteiger partial charge in [-0.25, -0.2) is 0 Å². The van der Waals surface area contributed by atoms with E-state index in [0.717, 1.165) is 0 Å². The Balaban J connectivity index is 2.48. The first-order chi connectivity index (χ1) is 7.56. The summed E-state index contributed by atoms with van der Waals surface area (Å²) in [5.74, 6) is -0.614. The Morgan fingerprint density at radius 3 is 2.88 bits per heavy atom. The van der Waals surface area contributed by atoms with E-state index in [1.165, 1.54) is 18.0 Å². The zero-order valence-electron chi connectivity index (χ0n) is 8.94. The molecule has 0 aliphatic rings. The smallest absolute Gasteiger partial charge is 0.320 e. The fourth-order valence-electron chi connectivity index (χ4n) is 1.08. The number of ether oxygens (including phenoxy) is 1. The van der Waals surface area contributed by atoms with Gasteiger partial charge in [0, 0.05) is 19.8 Å². The number of hydrogen-bond acceptors (Lipinski definition) is 4. The highest BCUT2D eigenvalue weighted by molar-refractivity contribution is 14.1. The minimum absolute atomic E-state index is 0.233. The molecule has 1 rings (SSSR count). The summed E-state index contributed by atoms with van der Waals surface area (Å²) in [6, 6.07) is 1.61. The first-order valence-corrected chi connectivity index (χ1v) is 5.79. The summed E-state index contributed by atoms with van der Waals surface area (Å²) < 4.78 is 5.62. The summed E-state index contributed by atoms with van der Waals surface area (Å²) in [7, 11) is 2.99. The van der Waals surface area contributed by atoms with Crippen molar-refractivity contribution in [1.29, 1.82) is 0 Å². The molecule has 6 nitrogen and oxygen atoms in total.